The van der Waals surface area contributed by atoms with Crippen molar-refractivity contribution in [3.63, 3.8) is 0 Å². The van der Waals surface area contributed by atoms with Crippen LogP contribution in [0.4, 0.5) is 0 Å². The number of nitrogens with zero attached hydrogens (tertiary/aromatic N) is 1. The van der Waals surface area contributed by atoms with Gasteiger partial charge in [0.15, 0.2) is 0 Å². The molecule has 0 aliphatic carbocycles. The number of amides is 1. The number of carbonyl (C=O) groups is 1. The highest BCUT2D eigenvalue weighted by atomic mass is 16.5. The largest absolute Gasteiger partial charge is 0.497 e. The fourth-order valence-electron chi connectivity index (χ4n) is 2.26. The summed E-state index contributed by atoms with van der Waals surface area (Å²) in [6, 6.07) is 7.63. The second-order valence-electron chi connectivity index (χ2n) is 5.45. The number of carbonyl (C=O) groups excluding carboxylic acids is 1. The van der Waals surface area contributed by atoms with Crippen LogP contribution in [0.3, 0.4) is 0 Å². The van der Waals surface area contributed by atoms with E-state index in [0.717, 1.165) is 11.3 Å². The molecule has 2 rings (SSSR count). The molecular weight excluding hydrogens is 242 g/mol. The summed E-state index contributed by atoms with van der Waals surface area (Å²) in [6.45, 7) is 5.97. The summed E-state index contributed by atoms with van der Waals surface area (Å²) in [7, 11) is 1.63. The fourth-order valence-corrected chi connectivity index (χ4v) is 2.26. The van der Waals surface area contributed by atoms with Crippen LogP contribution in [0, 0.1) is 0 Å². The average molecular weight is 263 g/mol. The highest BCUT2D eigenvalue weighted by Crippen LogP contribution is 2.18. The van der Waals surface area contributed by atoms with Gasteiger partial charge in [0.25, 0.3) is 0 Å². The van der Waals surface area contributed by atoms with Gasteiger partial charge >= 0.3 is 0 Å². The van der Waals surface area contributed by atoms with Crippen molar-refractivity contribution < 1.29 is 14.3 Å². The third-order valence-electron chi connectivity index (χ3n) is 3.29. The molecule has 0 aromatic heterocycles. The topological polar surface area (TPSA) is 38.8 Å². The van der Waals surface area contributed by atoms with Gasteiger partial charge in [0, 0.05) is 13.1 Å². The summed E-state index contributed by atoms with van der Waals surface area (Å²) in [6.07, 6.45) is 0.431. The molecule has 0 spiro atoms. The average Bonchev–Trinajstić information content (AvgIpc) is 2.38. The van der Waals surface area contributed by atoms with E-state index in [1.807, 2.05) is 43.0 Å². The van der Waals surface area contributed by atoms with E-state index in [4.69, 9.17) is 9.47 Å². The first-order chi connectivity index (χ1) is 9.00. The molecular formula is C15H21NO3. The molecule has 1 heterocycles. The van der Waals surface area contributed by atoms with Gasteiger partial charge in [-0.25, -0.2) is 0 Å². The van der Waals surface area contributed by atoms with Crippen molar-refractivity contribution in [3.8, 4) is 5.75 Å². The predicted molar refractivity (Wildman–Crippen MR) is 73.3 cm³/mol. The number of methoxy groups -OCH3 is 1. The van der Waals surface area contributed by atoms with Crippen LogP contribution < -0.4 is 4.74 Å². The first kappa shape index (κ1) is 13.9. The lowest BCUT2D eigenvalue weighted by atomic mass is 10.1. The quantitative estimate of drug-likeness (QED) is 0.835. The van der Waals surface area contributed by atoms with Gasteiger partial charge in [-0.1, -0.05) is 12.1 Å². The molecule has 0 bridgehead atoms. The Hall–Kier alpha value is -1.55. The summed E-state index contributed by atoms with van der Waals surface area (Å²) >= 11 is 0. The molecule has 0 radical (unpaired) electrons. The van der Waals surface area contributed by atoms with Crippen molar-refractivity contribution in [2.75, 3.05) is 26.8 Å². The van der Waals surface area contributed by atoms with Gasteiger partial charge in [-0.05, 0) is 31.5 Å². The highest BCUT2D eigenvalue weighted by molar-refractivity contribution is 5.79. The molecule has 0 saturated carbocycles. The number of rotatable bonds is 3. The molecule has 1 aromatic carbocycles. The number of ether oxygens (including phenoxy) is 2. The third kappa shape index (κ3) is 3.70. The lowest BCUT2D eigenvalue weighted by Crippen LogP contribution is -2.51. The van der Waals surface area contributed by atoms with E-state index in [2.05, 4.69) is 0 Å². The molecule has 0 N–H and O–H groups in total. The first-order valence-corrected chi connectivity index (χ1v) is 6.55. The predicted octanol–water partition coefficient (Wildman–Crippen LogP) is 1.88. The molecule has 104 valence electrons. The van der Waals surface area contributed by atoms with Crippen LogP contribution in [0.2, 0.25) is 0 Å². The monoisotopic (exact) mass is 263 g/mol. The summed E-state index contributed by atoms with van der Waals surface area (Å²) in [5.74, 6) is 0.963. The maximum absolute atomic E-state index is 12.2. The zero-order chi connectivity index (χ0) is 13.9. The van der Waals surface area contributed by atoms with E-state index in [1.165, 1.54) is 0 Å². The molecule has 1 aromatic rings. The zero-order valence-electron chi connectivity index (χ0n) is 11.8. The lowest BCUT2D eigenvalue weighted by Gasteiger charge is -2.38. The summed E-state index contributed by atoms with van der Waals surface area (Å²) in [5, 5.41) is 0. The van der Waals surface area contributed by atoms with Crippen LogP contribution in [-0.4, -0.2) is 43.2 Å². The minimum atomic E-state index is -0.242. The zero-order valence-corrected chi connectivity index (χ0v) is 11.8. The van der Waals surface area contributed by atoms with E-state index < -0.39 is 0 Å². The van der Waals surface area contributed by atoms with E-state index in [-0.39, 0.29) is 11.5 Å². The lowest BCUT2D eigenvalue weighted by molar-refractivity contribution is -0.145. The highest BCUT2D eigenvalue weighted by Gasteiger charge is 2.29. The molecule has 1 amide bonds. The molecule has 1 aliphatic heterocycles. The first-order valence-electron chi connectivity index (χ1n) is 6.55. The van der Waals surface area contributed by atoms with Gasteiger partial charge in [0.05, 0.1) is 25.7 Å². The van der Waals surface area contributed by atoms with Crippen molar-refractivity contribution in [1.29, 1.82) is 0 Å². The van der Waals surface area contributed by atoms with Crippen LogP contribution in [0.5, 0.6) is 5.75 Å². The van der Waals surface area contributed by atoms with Crippen LogP contribution in [-0.2, 0) is 16.0 Å². The summed E-state index contributed by atoms with van der Waals surface area (Å²) < 4.78 is 10.7. The Morgan fingerprint density at radius 1 is 1.37 bits per heavy atom. The van der Waals surface area contributed by atoms with Crippen molar-refractivity contribution in [1.82, 2.24) is 4.90 Å². The van der Waals surface area contributed by atoms with Crippen LogP contribution in [0.1, 0.15) is 19.4 Å². The van der Waals surface area contributed by atoms with Gasteiger partial charge in [0.2, 0.25) is 5.91 Å². The molecule has 0 unspecified atom stereocenters. The number of hydrogen-bond acceptors (Lipinski definition) is 3. The standard InChI is InChI=1S/C15H21NO3/c1-15(2)11-16(8-9-19-15)14(17)10-12-4-6-13(18-3)7-5-12/h4-7H,8-11H2,1-3H3. The van der Waals surface area contributed by atoms with Gasteiger partial charge in [0.1, 0.15) is 5.75 Å². The third-order valence-corrected chi connectivity index (χ3v) is 3.29. The Morgan fingerprint density at radius 3 is 2.63 bits per heavy atom. The molecule has 1 saturated heterocycles. The normalized spacial score (nSPS) is 18.2. The second-order valence-corrected chi connectivity index (χ2v) is 5.45. The summed E-state index contributed by atoms with van der Waals surface area (Å²) in [5.41, 5.74) is 0.767. The maximum Gasteiger partial charge on any atom is 0.227 e. The van der Waals surface area contributed by atoms with Crippen molar-refractivity contribution in [2.24, 2.45) is 0 Å². The van der Waals surface area contributed by atoms with Crippen LogP contribution >= 0.6 is 0 Å². The number of hydrogen-bond donors (Lipinski definition) is 0. The van der Waals surface area contributed by atoms with Crippen molar-refractivity contribution in [3.05, 3.63) is 29.8 Å². The van der Waals surface area contributed by atoms with Crippen molar-refractivity contribution in [2.45, 2.75) is 25.9 Å². The van der Waals surface area contributed by atoms with Gasteiger partial charge in [-0.3, -0.25) is 4.79 Å². The minimum Gasteiger partial charge on any atom is -0.497 e. The minimum absolute atomic E-state index is 0.154. The van der Waals surface area contributed by atoms with E-state index in [1.54, 1.807) is 7.11 Å². The Morgan fingerprint density at radius 2 is 2.05 bits per heavy atom. The Labute approximate surface area is 114 Å². The van der Waals surface area contributed by atoms with E-state index in [9.17, 15) is 4.79 Å². The van der Waals surface area contributed by atoms with Gasteiger partial charge in [-0.2, -0.15) is 0 Å². The number of benzene rings is 1. The summed E-state index contributed by atoms with van der Waals surface area (Å²) in [4.78, 5) is 14.1. The fraction of sp³-hybridized carbons (Fsp3) is 0.533. The second kappa shape index (κ2) is 5.61. The molecule has 1 fully saturated rings. The van der Waals surface area contributed by atoms with Gasteiger partial charge < -0.3 is 14.4 Å². The Bertz CT molecular complexity index is 439. The molecule has 0 atom stereocenters. The molecule has 1 aliphatic rings. The molecule has 4 heteroatoms. The van der Waals surface area contributed by atoms with Crippen LogP contribution in [0.15, 0.2) is 24.3 Å². The van der Waals surface area contributed by atoms with Crippen LogP contribution in [0.25, 0.3) is 0 Å². The van der Waals surface area contributed by atoms with E-state index in [0.29, 0.717) is 26.1 Å². The number of morpholine rings is 1. The SMILES string of the molecule is COc1ccc(CC(=O)N2CCOC(C)(C)C2)cc1. The molecule has 19 heavy (non-hydrogen) atoms. The smallest absolute Gasteiger partial charge is 0.227 e. The molecule has 4 nitrogen and oxygen atoms in total. The Kier molecular flexibility index (Phi) is 4.10. The maximum atomic E-state index is 12.2. The van der Waals surface area contributed by atoms with E-state index >= 15 is 0 Å². The van der Waals surface area contributed by atoms with Gasteiger partial charge in [-0.15, -0.1) is 0 Å². The van der Waals surface area contributed by atoms with Crippen molar-refractivity contribution >= 4 is 5.91 Å². The Balaban J connectivity index is 1.96.